The van der Waals surface area contributed by atoms with Crippen LogP contribution in [0.2, 0.25) is 0 Å². The van der Waals surface area contributed by atoms with Crippen LogP contribution in [0, 0.1) is 15.4 Å². The molecule has 102 valence electrons. The number of amides is 1. The molecule has 1 aromatic heterocycles. The number of hydrogen-bond acceptors (Lipinski definition) is 5. The Morgan fingerprint density at radius 1 is 1.50 bits per heavy atom. The predicted octanol–water partition coefficient (Wildman–Crippen LogP) is 2.05. The number of rotatable bonds is 2. The van der Waals surface area contributed by atoms with Gasteiger partial charge in [0.05, 0.1) is 14.6 Å². The predicted molar refractivity (Wildman–Crippen MR) is 84.9 cm³/mol. The summed E-state index contributed by atoms with van der Waals surface area (Å²) in [5.41, 5.74) is 0.348. The molecule has 2 rings (SSSR count). The van der Waals surface area contributed by atoms with Gasteiger partial charge in [0.15, 0.2) is 5.13 Å². The highest BCUT2D eigenvalue weighted by atomic mass is 127. The van der Waals surface area contributed by atoms with Crippen LogP contribution in [0.4, 0.5) is 5.13 Å². The van der Waals surface area contributed by atoms with Crippen molar-refractivity contribution >= 4 is 45.0 Å². The third-order valence-electron chi connectivity index (χ3n) is 2.23. The zero-order valence-electron chi connectivity index (χ0n) is 10.1. The maximum absolute atomic E-state index is 12.0. The number of phenols is 1. The maximum Gasteiger partial charge on any atom is 0.257 e. The van der Waals surface area contributed by atoms with Gasteiger partial charge in [-0.2, -0.15) is 0 Å². The first-order chi connectivity index (χ1) is 9.60. The maximum atomic E-state index is 12.0. The van der Waals surface area contributed by atoms with Gasteiger partial charge in [-0.3, -0.25) is 10.1 Å². The first-order valence-corrected chi connectivity index (χ1v) is 7.35. The van der Waals surface area contributed by atoms with E-state index in [9.17, 15) is 9.90 Å². The Morgan fingerprint density at radius 2 is 2.30 bits per heavy atom. The lowest BCUT2D eigenvalue weighted by Gasteiger charge is -2.03. The quantitative estimate of drug-likeness (QED) is 0.533. The molecule has 5 nitrogen and oxygen atoms in total. The van der Waals surface area contributed by atoms with Gasteiger partial charge in [0.2, 0.25) is 0 Å². The van der Waals surface area contributed by atoms with Crippen LogP contribution in [0.5, 0.6) is 5.75 Å². The number of aliphatic hydroxyl groups is 1. The molecule has 0 radical (unpaired) electrons. The normalized spacial score (nSPS) is 9.70. The fourth-order valence-corrected chi connectivity index (χ4v) is 2.36. The fraction of sp³-hybridized carbons (Fsp3) is 0.0769. The van der Waals surface area contributed by atoms with Crippen LogP contribution >= 0.6 is 33.9 Å². The zero-order valence-corrected chi connectivity index (χ0v) is 13.0. The zero-order chi connectivity index (χ0) is 14.5. The Labute approximate surface area is 132 Å². The van der Waals surface area contributed by atoms with E-state index in [4.69, 9.17) is 5.11 Å². The number of nitrogens with one attached hydrogen (secondary N) is 1. The molecule has 1 aromatic carbocycles. The summed E-state index contributed by atoms with van der Waals surface area (Å²) in [6.45, 7) is -0.221. The highest BCUT2D eigenvalue weighted by molar-refractivity contribution is 14.1. The van der Waals surface area contributed by atoms with Crippen molar-refractivity contribution in [1.82, 2.24) is 4.98 Å². The molecule has 0 atom stereocenters. The van der Waals surface area contributed by atoms with E-state index < -0.39 is 0 Å². The highest BCUT2D eigenvalue weighted by Gasteiger charge is 2.10. The van der Waals surface area contributed by atoms with Gasteiger partial charge in [0.1, 0.15) is 12.4 Å². The van der Waals surface area contributed by atoms with Gasteiger partial charge in [0, 0.05) is 5.56 Å². The van der Waals surface area contributed by atoms with Crippen molar-refractivity contribution in [3.8, 4) is 17.6 Å². The first kappa shape index (κ1) is 14.8. The van der Waals surface area contributed by atoms with E-state index in [0.29, 0.717) is 19.1 Å². The second-order valence-electron chi connectivity index (χ2n) is 3.61. The van der Waals surface area contributed by atoms with E-state index in [2.05, 4.69) is 22.1 Å². The smallest absolute Gasteiger partial charge is 0.257 e. The molecule has 0 aliphatic rings. The Balaban J connectivity index is 2.11. The molecule has 0 spiro atoms. The fourth-order valence-electron chi connectivity index (χ4n) is 1.34. The van der Waals surface area contributed by atoms with Gasteiger partial charge in [-0.15, -0.1) is 0 Å². The Bertz CT molecular complexity index is 703. The number of benzene rings is 1. The molecule has 0 aliphatic carbocycles. The van der Waals surface area contributed by atoms with Crippen molar-refractivity contribution in [3.63, 3.8) is 0 Å². The van der Waals surface area contributed by atoms with Crippen molar-refractivity contribution in [2.45, 2.75) is 0 Å². The largest absolute Gasteiger partial charge is 0.507 e. The van der Waals surface area contributed by atoms with Crippen LogP contribution in [-0.2, 0) is 0 Å². The first-order valence-electron chi connectivity index (χ1n) is 5.45. The number of hydrogen-bond donors (Lipinski definition) is 3. The second-order valence-corrected chi connectivity index (χ2v) is 5.80. The number of thiazole rings is 1. The number of carbonyl (C=O) groups excluding carboxylic acids is 1. The summed E-state index contributed by atoms with van der Waals surface area (Å²) in [4.78, 5) is 16.6. The SMILES string of the molecule is O=C(Nc1ncc(C#CCO)s1)c1ccc(I)c(O)c1. The summed E-state index contributed by atoms with van der Waals surface area (Å²) in [6, 6.07) is 4.68. The molecule has 0 saturated heterocycles. The van der Waals surface area contributed by atoms with Crippen LogP contribution in [0.1, 0.15) is 15.2 Å². The molecule has 1 heterocycles. The average molecular weight is 400 g/mol. The van der Waals surface area contributed by atoms with E-state index in [0.717, 1.165) is 0 Å². The van der Waals surface area contributed by atoms with Gasteiger partial charge in [0.25, 0.3) is 5.91 Å². The molecular formula is C13H9IN2O3S. The number of anilines is 1. The molecule has 0 unspecified atom stereocenters. The summed E-state index contributed by atoms with van der Waals surface area (Å²) in [7, 11) is 0. The molecule has 0 bridgehead atoms. The molecule has 7 heteroatoms. The minimum absolute atomic E-state index is 0.0619. The second kappa shape index (κ2) is 6.69. The van der Waals surface area contributed by atoms with Crippen LogP contribution in [-0.4, -0.2) is 27.7 Å². The molecule has 3 N–H and O–H groups in total. The van der Waals surface area contributed by atoms with Crippen molar-refractivity contribution in [2.24, 2.45) is 0 Å². The number of aliphatic hydroxyl groups excluding tert-OH is 1. The van der Waals surface area contributed by atoms with Crippen LogP contribution in [0.15, 0.2) is 24.4 Å². The van der Waals surface area contributed by atoms with Gasteiger partial charge in [-0.1, -0.05) is 23.2 Å². The van der Waals surface area contributed by atoms with Crippen LogP contribution in [0.3, 0.4) is 0 Å². The molecule has 20 heavy (non-hydrogen) atoms. The molecule has 0 fully saturated rings. The molecule has 1 amide bonds. The Morgan fingerprint density at radius 3 is 3.00 bits per heavy atom. The summed E-state index contributed by atoms with van der Waals surface area (Å²) in [6.07, 6.45) is 1.52. The van der Waals surface area contributed by atoms with Gasteiger partial charge < -0.3 is 10.2 Å². The lowest BCUT2D eigenvalue weighted by molar-refractivity contribution is 0.102. The van der Waals surface area contributed by atoms with Crippen molar-refractivity contribution in [2.75, 3.05) is 11.9 Å². The number of phenolic OH excluding ortho intramolecular Hbond substituents is 1. The van der Waals surface area contributed by atoms with Gasteiger partial charge in [-0.25, -0.2) is 4.98 Å². The minimum atomic E-state index is -0.354. The van der Waals surface area contributed by atoms with Crippen LogP contribution in [0.25, 0.3) is 0 Å². The van der Waals surface area contributed by atoms with E-state index in [1.54, 1.807) is 12.1 Å². The third kappa shape index (κ3) is 3.69. The Kier molecular flexibility index (Phi) is 4.94. The average Bonchev–Trinajstić information content (AvgIpc) is 2.87. The molecular weight excluding hydrogens is 391 g/mol. The summed E-state index contributed by atoms with van der Waals surface area (Å²) in [5.74, 6) is 4.92. The minimum Gasteiger partial charge on any atom is -0.507 e. The van der Waals surface area contributed by atoms with Gasteiger partial charge in [-0.05, 0) is 40.8 Å². The number of halogens is 1. The standard InChI is InChI=1S/C13H9IN2O3S/c14-10-4-3-8(6-11(10)18)12(19)16-13-15-7-9(20-13)2-1-5-17/h3-4,6-7,17-18H,5H2,(H,15,16,19). The summed E-state index contributed by atoms with van der Waals surface area (Å²) < 4.78 is 0.676. The van der Waals surface area contributed by atoms with E-state index in [-0.39, 0.29) is 18.3 Å². The number of carbonyl (C=O) groups is 1. The lowest BCUT2D eigenvalue weighted by atomic mass is 10.2. The number of aromatic hydroxyl groups is 1. The van der Waals surface area contributed by atoms with E-state index in [1.807, 2.05) is 22.6 Å². The lowest BCUT2D eigenvalue weighted by Crippen LogP contribution is -2.11. The molecule has 0 saturated carbocycles. The Hall–Kier alpha value is -1.63. The van der Waals surface area contributed by atoms with Crippen molar-refractivity contribution in [3.05, 3.63) is 38.4 Å². The topological polar surface area (TPSA) is 82.5 Å². The highest BCUT2D eigenvalue weighted by Crippen LogP contribution is 2.22. The number of aromatic nitrogens is 1. The molecule has 0 aliphatic heterocycles. The van der Waals surface area contributed by atoms with E-state index in [1.165, 1.54) is 23.6 Å². The summed E-state index contributed by atoms with van der Waals surface area (Å²) in [5, 5.41) is 21.2. The van der Waals surface area contributed by atoms with Crippen molar-refractivity contribution < 1.29 is 15.0 Å². The van der Waals surface area contributed by atoms with E-state index >= 15 is 0 Å². The molecule has 2 aromatic rings. The number of nitrogens with zero attached hydrogens (tertiary/aromatic N) is 1. The van der Waals surface area contributed by atoms with Crippen LogP contribution < -0.4 is 5.32 Å². The van der Waals surface area contributed by atoms with Crippen molar-refractivity contribution in [1.29, 1.82) is 0 Å². The monoisotopic (exact) mass is 400 g/mol. The van der Waals surface area contributed by atoms with Gasteiger partial charge >= 0.3 is 0 Å². The summed E-state index contributed by atoms with van der Waals surface area (Å²) >= 11 is 3.19. The third-order valence-corrected chi connectivity index (χ3v) is 3.97.